The first-order chi connectivity index (χ1) is 15.9. The highest BCUT2D eigenvalue weighted by atomic mass is 19.3. The van der Waals surface area contributed by atoms with Crippen molar-refractivity contribution < 1.29 is 13.6 Å². The number of nitrogens with two attached hydrogens (primary N) is 1. The molecule has 0 unspecified atom stereocenters. The van der Waals surface area contributed by atoms with Crippen LogP contribution in [0.4, 0.5) is 20.3 Å². The maximum atomic E-state index is 13.6. The molecule has 3 aromatic rings. The summed E-state index contributed by atoms with van der Waals surface area (Å²) in [5, 5.41) is 0. The third-order valence-electron chi connectivity index (χ3n) is 5.92. The second kappa shape index (κ2) is 9.60. The Morgan fingerprint density at radius 2 is 1.85 bits per heavy atom. The largest absolute Gasteiger partial charge is 0.382 e. The van der Waals surface area contributed by atoms with Gasteiger partial charge < -0.3 is 10.6 Å². The zero-order valence-corrected chi connectivity index (χ0v) is 18.6. The van der Waals surface area contributed by atoms with Gasteiger partial charge in [-0.2, -0.15) is 0 Å². The van der Waals surface area contributed by atoms with E-state index in [-0.39, 0.29) is 49.6 Å². The molecule has 0 bridgehead atoms. The minimum atomic E-state index is -2.64. The summed E-state index contributed by atoms with van der Waals surface area (Å²) in [6.45, 7) is 2.58. The van der Waals surface area contributed by atoms with E-state index in [0.717, 1.165) is 24.1 Å². The van der Waals surface area contributed by atoms with Crippen LogP contribution in [0.5, 0.6) is 0 Å². The Kier molecular flexibility index (Phi) is 6.62. The van der Waals surface area contributed by atoms with Crippen LogP contribution in [0, 0.1) is 0 Å². The molecule has 0 saturated carbocycles. The van der Waals surface area contributed by atoms with Crippen molar-refractivity contribution in [1.29, 1.82) is 0 Å². The molecule has 0 spiro atoms. The molecule has 1 aliphatic heterocycles. The number of alkyl halides is 2. The van der Waals surface area contributed by atoms with E-state index in [1.54, 1.807) is 24.7 Å². The Morgan fingerprint density at radius 1 is 1.12 bits per heavy atom. The van der Waals surface area contributed by atoms with Gasteiger partial charge in [-0.25, -0.2) is 18.7 Å². The number of aromatic nitrogens is 3. The van der Waals surface area contributed by atoms with Crippen LogP contribution in [0.1, 0.15) is 47.8 Å². The normalized spacial score (nSPS) is 15.4. The predicted octanol–water partition coefficient (Wildman–Crippen LogP) is 4.73. The van der Waals surface area contributed by atoms with Gasteiger partial charge in [0.05, 0.1) is 11.9 Å². The van der Waals surface area contributed by atoms with Crippen LogP contribution in [-0.4, -0.2) is 39.7 Å². The van der Waals surface area contributed by atoms with E-state index < -0.39 is 5.92 Å². The zero-order chi connectivity index (χ0) is 23.4. The molecular weight excluding hydrogens is 424 g/mol. The first-order valence-electron chi connectivity index (χ1n) is 11.2. The third-order valence-corrected chi connectivity index (χ3v) is 5.92. The molecule has 3 heterocycles. The maximum absolute atomic E-state index is 13.6. The van der Waals surface area contributed by atoms with Gasteiger partial charge in [-0.05, 0) is 18.1 Å². The number of rotatable bonds is 7. The van der Waals surface area contributed by atoms with Gasteiger partial charge in [-0.15, -0.1) is 0 Å². The smallest absolute Gasteiger partial charge is 0.251 e. The van der Waals surface area contributed by atoms with Gasteiger partial charge in [-0.1, -0.05) is 37.6 Å². The standard InChI is InChI=1S/C25H27F2N5O/c1-2-3-17-4-6-18(7-5-17)20-16-30-24(28)23(31-20)22(33)14-19-15-29-11-8-21(19)32-12-9-25(26,27)10-13-32/h4-8,11,15-16H,2-3,9-10,12-14H2,1H3,(H2,28,30). The van der Waals surface area contributed by atoms with E-state index in [1.807, 2.05) is 29.2 Å². The first kappa shape index (κ1) is 22.8. The summed E-state index contributed by atoms with van der Waals surface area (Å²) >= 11 is 0. The molecule has 172 valence electrons. The lowest BCUT2D eigenvalue weighted by molar-refractivity contribution is -0.0220. The minimum Gasteiger partial charge on any atom is -0.382 e. The molecule has 0 radical (unpaired) electrons. The summed E-state index contributed by atoms with van der Waals surface area (Å²) in [6.07, 6.45) is 6.42. The molecule has 0 atom stereocenters. The average Bonchev–Trinajstić information content (AvgIpc) is 2.81. The maximum Gasteiger partial charge on any atom is 0.251 e. The van der Waals surface area contributed by atoms with Gasteiger partial charge in [0.2, 0.25) is 0 Å². The van der Waals surface area contributed by atoms with E-state index in [0.29, 0.717) is 11.3 Å². The molecule has 1 saturated heterocycles. The highest BCUT2D eigenvalue weighted by Crippen LogP contribution is 2.32. The Balaban J connectivity index is 1.55. The van der Waals surface area contributed by atoms with Crippen LogP contribution in [-0.2, 0) is 12.8 Å². The van der Waals surface area contributed by atoms with Crippen molar-refractivity contribution >= 4 is 17.3 Å². The molecule has 6 nitrogen and oxygen atoms in total. The van der Waals surface area contributed by atoms with Crippen LogP contribution in [0.3, 0.4) is 0 Å². The monoisotopic (exact) mass is 451 g/mol. The number of nitrogens with zero attached hydrogens (tertiary/aromatic N) is 4. The fraction of sp³-hybridized carbons (Fsp3) is 0.360. The summed E-state index contributed by atoms with van der Waals surface area (Å²) in [5.74, 6) is -2.87. The summed E-state index contributed by atoms with van der Waals surface area (Å²) in [5.41, 5.74) is 10.1. The number of ketones is 1. The van der Waals surface area contributed by atoms with Crippen molar-refractivity contribution in [3.05, 3.63) is 65.7 Å². The number of carbonyl (C=O) groups is 1. The van der Waals surface area contributed by atoms with E-state index >= 15 is 0 Å². The van der Waals surface area contributed by atoms with Crippen LogP contribution in [0.25, 0.3) is 11.3 Å². The number of nitrogen functional groups attached to an aromatic ring is 1. The van der Waals surface area contributed by atoms with E-state index in [2.05, 4.69) is 21.9 Å². The topological polar surface area (TPSA) is 85.0 Å². The summed E-state index contributed by atoms with van der Waals surface area (Å²) in [4.78, 5) is 27.9. The van der Waals surface area contributed by atoms with Crippen molar-refractivity contribution in [2.24, 2.45) is 0 Å². The summed E-state index contributed by atoms with van der Waals surface area (Å²) < 4.78 is 27.2. The number of halogens is 2. The minimum absolute atomic E-state index is 0.00778. The molecule has 8 heteroatoms. The molecule has 1 aromatic carbocycles. The number of pyridine rings is 1. The second-order valence-electron chi connectivity index (χ2n) is 8.38. The van der Waals surface area contributed by atoms with Crippen LogP contribution >= 0.6 is 0 Å². The number of hydrogen-bond acceptors (Lipinski definition) is 6. The predicted molar refractivity (Wildman–Crippen MR) is 125 cm³/mol. The highest BCUT2D eigenvalue weighted by Gasteiger charge is 2.34. The van der Waals surface area contributed by atoms with Gasteiger partial charge in [-0.3, -0.25) is 9.78 Å². The van der Waals surface area contributed by atoms with E-state index in [4.69, 9.17) is 5.73 Å². The first-order valence-corrected chi connectivity index (χ1v) is 11.2. The molecular formula is C25H27F2N5O. The highest BCUT2D eigenvalue weighted by molar-refractivity contribution is 6.00. The van der Waals surface area contributed by atoms with E-state index in [1.165, 1.54) is 5.56 Å². The molecule has 33 heavy (non-hydrogen) atoms. The Hall–Kier alpha value is -3.42. The van der Waals surface area contributed by atoms with Crippen molar-refractivity contribution in [2.75, 3.05) is 23.7 Å². The molecule has 0 aliphatic carbocycles. The molecule has 2 N–H and O–H groups in total. The molecule has 1 fully saturated rings. The molecule has 2 aromatic heterocycles. The van der Waals surface area contributed by atoms with Crippen LogP contribution < -0.4 is 10.6 Å². The molecule has 1 aliphatic rings. The van der Waals surface area contributed by atoms with Gasteiger partial charge in [0, 0.05) is 61.6 Å². The van der Waals surface area contributed by atoms with Crippen molar-refractivity contribution in [2.45, 2.75) is 45.0 Å². The number of benzene rings is 1. The van der Waals surface area contributed by atoms with Gasteiger partial charge >= 0.3 is 0 Å². The van der Waals surface area contributed by atoms with Crippen molar-refractivity contribution in [3.8, 4) is 11.3 Å². The number of Topliss-reactive ketones (excluding diaryl/α,β-unsaturated/α-hetero) is 1. The Morgan fingerprint density at radius 3 is 2.55 bits per heavy atom. The quantitative estimate of drug-likeness (QED) is 0.523. The van der Waals surface area contributed by atoms with E-state index in [9.17, 15) is 13.6 Å². The summed E-state index contributed by atoms with van der Waals surface area (Å²) in [6, 6.07) is 9.77. The van der Waals surface area contributed by atoms with Crippen molar-refractivity contribution in [1.82, 2.24) is 15.0 Å². The SMILES string of the molecule is CCCc1ccc(-c2cnc(N)c(C(=O)Cc3cnccc3N3CCC(F)(F)CC3)n2)cc1. The van der Waals surface area contributed by atoms with Crippen LogP contribution in [0.2, 0.25) is 0 Å². The lowest BCUT2D eigenvalue weighted by atomic mass is 10.0. The van der Waals surface area contributed by atoms with Crippen LogP contribution in [0.15, 0.2) is 48.9 Å². The fourth-order valence-corrected chi connectivity index (χ4v) is 4.07. The average molecular weight is 452 g/mol. The number of carbonyl (C=O) groups excluding carboxylic acids is 1. The Labute approximate surface area is 191 Å². The Bertz CT molecular complexity index is 1120. The number of anilines is 2. The molecule has 0 amide bonds. The number of hydrogen-bond donors (Lipinski definition) is 1. The third kappa shape index (κ3) is 5.32. The van der Waals surface area contributed by atoms with Gasteiger partial charge in [0.15, 0.2) is 11.6 Å². The molecule has 4 rings (SSSR count). The van der Waals surface area contributed by atoms with Crippen molar-refractivity contribution in [3.63, 3.8) is 0 Å². The summed E-state index contributed by atoms with van der Waals surface area (Å²) in [7, 11) is 0. The lowest BCUT2D eigenvalue weighted by Crippen LogP contribution is -2.39. The number of piperidine rings is 1. The van der Waals surface area contributed by atoms with Gasteiger partial charge in [0.1, 0.15) is 5.69 Å². The lowest BCUT2D eigenvalue weighted by Gasteiger charge is -2.34. The van der Waals surface area contributed by atoms with Gasteiger partial charge in [0.25, 0.3) is 5.92 Å². The second-order valence-corrected chi connectivity index (χ2v) is 8.38. The zero-order valence-electron chi connectivity index (χ0n) is 18.6. The number of aryl methyl sites for hydroxylation is 1. The fourth-order valence-electron chi connectivity index (χ4n) is 4.07.